The molecule has 0 aliphatic carbocycles. The van der Waals surface area contributed by atoms with Crippen molar-refractivity contribution in [3.63, 3.8) is 0 Å². The largest absolute Gasteiger partial charge is 0.468 e. The van der Waals surface area contributed by atoms with Crippen LogP contribution in [-0.2, 0) is 13.1 Å². The first kappa shape index (κ1) is 10.8. The molecule has 0 spiro atoms. The molecule has 2 aromatic rings. The van der Waals surface area contributed by atoms with Crippen LogP contribution < -0.4 is 5.73 Å². The maximum atomic E-state index is 5.89. The fourth-order valence-electron chi connectivity index (χ4n) is 1.69. The summed E-state index contributed by atoms with van der Waals surface area (Å²) in [4.78, 5) is 2.17. The monoisotopic (exact) mass is 216 g/mol. The zero-order valence-electron chi connectivity index (χ0n) is 9.39. The molecule has 0 amide bonds. The molecule has 0 saturated heterocycles. The molecule has 0 aliphatic heterocycles. The minimum atomic E-state index is 0.793. The van der Waals surface area contributed by atoms with Crippen LogP contribution >= 0.6 is 0 Å². The Hall–Kier alpha value is -1.74. The molecule has 0 unspecified atom stereocenters. The van der Waals surface area contributed by atoms with Crippen molar-refractivity contribution in [3.05, 3.63) is 54.0 Å². The van der Waals surface area contributed by atoms with Gasteiger partial charge in [-0.3, -0.25) is 4.90 Å². The Balaban J connectivity index is 1.97. The van der Waals surface area contributed by atoms with Crippen molar-refractivity contribution < 1.29 is 4.42 Å². The molecule has 0 aliphatic rings. The predicted molar refractivity (Wildman–Crippen MR) is 64.7 cm³/mol. The number of hydrogen-bond acceptors (Lipinski definition) is 3. The first-order valence-corrected chi connectivity index (χ1v) is 5.30. The normalized spacial score (nSPS) is 10.9. The Kier molecular flexibility index (Phi) is 3.27. The maximum absolute atomic E-state index is 5.89. The molecule has 3 heteroatoms. The zero-order valence-corrected chi connectivity index (χ0v) is 9.39. The van der Waals surface area contributed by atoms with Crippen molar-refractivity contribution >= 4 is 5.69 Å². The Bertz CT molecular complexity index is 437. The van der Waals surface area contributed by atoms with Crippen LogP contribution in [0.5, 0.6) is 0 Å². The van der Waals surface area contributed by atoms with Crippen molar-refractivity contribution in [2.24, 2.45) is 0 Å². The van der Waals surface area contributed by atoms with Crippen molar-refractivity contribution in [3.8, 4) is 0 Å². The number of nitrogen functional groups attached to an aromatic ring is 1. The van der Waals surface area contributed by atoms with Crippen LogP contribution in [0.4, 0.5) is 5.69 Å². The fraction of sp³-hybridized carbons (Fsp3) is 0.231. The zero-order chi connectivity index (χ0) is 11.4. The lowest BCUT2D eigenvalue weighted by molar-refractivity contribution is 0.288. The average molecular weight is 216 g/mol. The number of nitrogens with zero attached hydrogens (tertiary/aromatic N) is 1. The molecule has 0 atom stereocenters. The summed E-state index contributed by atoms with van der Waals surface area (Å²) in [6.07, 6.45) is 1.69. The lowest BCUT2D eigenvalue weighted by Crippen LogP contribution is -2.17. The summed E-state index contributed by atoms with van der Waals surface area (Å²) in [5, 5.41) is 0. The van der Waals surface area contributed by atoms with Gasteiger partial charge in [-0.1, -0.05) is 18.2 Å². The van der Waals surface area contributed by atoms with Crippen molar-refractivity contribution in [2.75, 3.05) is 12.8 Å². The van der Waals surface area contributed by atoms with E-state index >= 15 is 0 Å². The van der Waals surface area contributed by atoms with Gasteiger partial charge in [0.1, 0.15) is 5.76 Å². The van der Waals surface area contributed by atoms with E-state index in [-0.39, 0.29) is 0 Å². The number of anilines is 1. The van der Waals surface area contributed by atoms with Crippen LogP contribution in [-0.4, -0.2) is 11.9 Å². The molecular formula is C13H16N2O. The van der Waals surface area contributed by atoms with Crippen LogP contribution in [0.1, 0.15) is 11.3 Å². The second kappa shape index (κ2) is 4.86. The molecule has 0 saturated carbocycles. The summed E-state index contributed by atoms with van der Waals surface area (Å²) in [7, 11) is 2.05. The molecule has 0 fully saturated rings. The van der Waals surface area contributed by atoms with Gasteiger partial charge in [0, 0.05) is 12.2 Å². The highest BCUT2D eigenvalue weighted by atomic mass is 16.3. The van der Waals surface area contributed by atoms with Gasteiger partial charge in [-0.25, -0.2) is 0 Å². The third-order valence-corrected chi connectivity index (χ3v) is 2.50. The predicted octanol–water partition coefficient (Wildman–Crippen LogP) is 2.49. The number of benzene rings is 1. The van der Waals surface area contributed by atoms with Crippen molar-refractivity contribution in [2.45, 2.75) is 13.1 Å². The molecule has 0 radical (unpaired) electrons. The number of rotatable bonds is 4. The minimum absolute atomic E-state index is 0.793. The van der Waals surface area contributed by atoms with Crippen LogP contribution in [0.25, 0.3) is 0 Å². The first-order chi connectivity index (χ1) is 7.75. The highest BCUT2D eigenvalue weighted by Crippen LogP contribution is 2.14. The lowest BCUT2D eigenvalue weighted by atomic mass is 10.2. The number of hydrogen-bond donors (Lipinski definition) is 1. The van der Waals surface area contributed by atoms with E-state index in [9.17, 15) is 0 Å². The summed E-state index contributed by atoms with van der Waals surface area (Å²) in [6, 6.07) is 11.8. The van der Waals surface area contributed by atoms with E-state index in [1.165, 1.54) is 0 Å². The van der Waals surface area contributed by atoms with E-state index in [0.29, 0.717) is 0 Å². The van der Waals surface area contributed by atoms with Crippen LogP contribution in [0.2, 0.25) is 0 Å². The smallest absolute Gasteiger partial charge is 0.117 e. The molecule has 3 nitrogen and oxygen atoms in total. The van der Waals surface area contributed by atoms with Gasteiger partial charge in [0.25, 0.3) is 0 Å². The van der Waals surface area contributed by atoms with Gasteiger partial charge in [-0.15, -0.1) is 0 Å². The highest BCUT2D eigenvalue weighted by Gasteiger charge is 2.05. The number of para-hydroxylation sites is 1. The number of furan rings is 1. The van der Waals surface area contributed by atoms with Crippen LogP contribution in [0, 0.1) is 0 Å². The van der Waals surface area contributed by atoms with Gasteiger partial charge in [-0.05, 0) is 30.8 Å². The van der Waals surface area contributed by atoms with E-state index < -0.39 is 0 Å². The second-order valence-electron chi connectivity index (χ2n) is 3.95. The number of nitrogens with two attached hydrogens (primary N) is 1. The van der Waals surface area contributed by atoms with E-state index in [2.05, 4.69) is 11.9 Å². The summed E-state index contributed by atoms with van der Waals surface area (Å²) < 4.78 is 5.30. The molecule has 1 aromatic heterocycles. The van der Waals surface area contributed by atoms with Crippen LogP contribution in [0.15, 0.2) is 47.1 Å². The van der Waals surface area contributed by atoms with Gasteiger partial charge in [0.15, 0.2) is 0 Å². The quantitative estimate of drug-likeness (QED) is 0.798. The fourth-order valence-corrected chi connectivity index (χ4v) is 1.69. The molecule has 1 aromatic carbocycles. The lowest BCUT2D eigenvalue weighted by Gasteiger charge is -2.16. The molecule has 16 heavy (non-hydrogen) atoms. The Morgan fingerprint density at radius 1 is 1.12 bits per heavy atom. The van der Waals surface area contributed by atoms with E-state index in [0.717, 1.165) is 30.1 Å². The van der Waals surface area contributed by atoms with Crippen molar-refractivity contribution in [1.82, 2.24) is 4.90 Å². The van der Waals surface area contributed by atoms with E-state index in [1.807, 2.05) is 36.4 Å². The molecule has 2 rings (SSSR count). The summed E-state index contributed by atoms with van der Waals surface area (Å²) in [5.41, 5.74) is 7.88. The molecule has 1 heterocycles. The third-order valence-electron chi connectivity index (χ3n) is 2.50. The first-order valence-electron chi connectivity index (χ1n) is 5.30. The minimum Gasteiger partial charge on any atom is -0.468 e. The van der Waals surface area contributed by atoms with E-state index in [1.54, 1.807) is 6.26 Å². The van der Waals surface area contributed by atoms with Gasteiger partial charge < -0.3 is 10.2 Å². The van der Waals surface area contributed by atoms with Crippen molar-refractivity contribution in [1.29, 1.82) is 0 Å². The molecule has 84 valence electrons. The van der Waals surface area contributed by atoms with Gasteiger partial charge in [-0.2, -0.15) is 0 Å². The molecule has 0 bridgehead atoms. The topological polar surface area (TPSA) is 42.4 Å². The summed E-state index contributed by atoms with van der Waals surface area (Å²) >= 11 is 0. The summed E-state index contributed by atoms with van der Waals surface area (Å²) in [5.74, 6) is 0.969. The molecule has 2 N–H and O–H groups in total. The highest BCUT2D eigenvalue weighted by molar-refractivity contribution is 5.46. The Morgan fingerprint density at radius 3 is 2.62 bits per heavy atom. The standard InChI is InChI=1S/C13H16N2O/c1-15(10-12-6-4-8-16-12)9-11-5-2-3-7-13(11)14/h2-8H,9-10,14H2,1H3. The maximum Gasteiger partial charge on any atom is 0.117 e. The van der Waals surface area contributed by atoms with Crippen LogP contribution in [0.3, 0.4) is 0 Å². The SMILES string of the molecule is CN(Cc1ccco1)Cc1ccccc1N. The third kappa shape index (κ3) is 2.64. The second-order valence-corrected chi connectivity index (χ2v) is 3.95. The molecular weight excluding hydrogens is 200 g/mol. The Morgan fingerprint density at radius 2 is 1.94 bits per heavy atom. The van der Waals surface area contributed by atoms with E-state index in [4.69, 9.17) is 10.2 Å². The van der Waals surface area contributed by atoms with Gasteiger partial charge in [0.05, 0.1) is 12.8 Å². The average Bonchev–Trinajstić information content (AvgIpc) is 2.74. The summed E-state index contributed by atoms with van der Waals surface area (Å²) in [6.45, 7) is 1.62. The Labute approximate surface area is 95.5 Å². The van der Waals surface area contributed by atoms with Gasteiger partial charge in [0.2, 0.25) is 0 Å². The van der Waals surface area contributed by atoms with Gasteiger partial charge >= 0.3 is 0 Å².